The molecule has 2 aliphatic rings. The molecule has 1 aromatic heterocycles. The molecular weight excluding hydrogens is 474 g/mol. The van der Waals surface area contributed by atoms with Gasteiger partial charge in [-0.25, -0.2) is 17.2 Å². The van der Waals surface area contributed by atoms with Gasteiger partial charge in [-0.15, -0.1) is 0 Å². The Kier molecular flexibility index (Phi) is 5.66. The van der Waals surface area contributed by atoms with Crippen LogP contribution < -0.4 is 4.74 Å². The zero-order valence-corrected chi connectivity index (χ0v) is 19.0. The third kappa shape index (κ3) is 3.53. The first kappa shape index (κ1) is 22.3. The lowest BCUT2D eigenvalue weighted by Gasteiger charge is -2.50. The fourth-order valence-electron chi connectivity index (χ4n) is 5.03. The number of aromatic nitrogens is 2. The van der Waals surface area contributed by atoms with Gasteiger partial charge in [-0.2, -0.15) is 5.10 Å². The molecule has 0 saturated carbocycles. The van der Waals surface area contributed by atoms with Crippen molar-refractivity contribution in [1.82, 2.24) is 9.78 Å². The molecule has 10 heteroatoms. The van der Waals surface area contributed by atoms with Gasteiger partial charge in [-0.1, -0.05) is 11.6 Å². The van der Waals surface area contributed by atoms with E-state index >= 15 is 4.39 Å². The maximum atomic E-state index is 15.3. The van der Waals surface area contributed by atoms with Crippen LogP contribution in [0.1, 0.15) is 18.4 Å². The molecule has 0 spiro atoms. The van der Waals surface area contributed by atoms with Crippen LogP contribution >= 0.6 is 11.6 Å². The number of nitrogens with zero attached hydrogens (tertiary/aromatic N) is 2. The molecule has 1 fully saturated rings. The average Bonchev–Trinajstić information content (AvgIpc) is 3.33. The van der Waals surface area contributed by atoms with E-state index in [-0.39, 0.29) is 35.8 Å². The van der Waals surface area contributed by atoms with E-state index in [1.165, 1.54) is 24.3 Å². The van der Waals surface area contributed by atoms with Crippen LogP contribution in [0.15, 0.2) is 59.8 Å². The first-order chi connectivity index (χ1) is 15.8. The minimum absolute atomic E-state index is 0.0128. The fourth-order valence-corrected chi connectivity index (χ4v) is 7.50. The quantitative estimate of drug-likeness (QED) is 0.526. The van der Waals surface area contributed by atoms with Gasteiger partial charge in [0, 0.05) is 36.5 Å². The van der Waals surface area contributed by atoms with E-state index in [1.807, 2.05) is 0 Å². The second-order valence-corrected chi connectivity index (χ2v) is 10.9. The van der Waals surface area contributed by atoms with E-state index in [0.717, 1.165) is 12.1 Å². The number of halogens is 3. The van der Waals surface area contributed by atoms with Gasteiger partial charge in [0.25, 0.3) is 0 Å². The minimum atomic E-state index is -4.21. The van der Waals surface area contributed by atoms with Gasteiger partial charge in [0.05, 0.1) is 23.2 Å². The number of fused-ring (bicyclic) bond motifs is 3. The lowest BCUT2D eigenvalue weighted by Crippen LogP contribution is -2.57. The third-order valence-corrected chi connectivity index (χ3v) is 9.36. The maximum Gasteiger partial charge on any atom is 0.189 e. The minimum Gasteiger partial charge on any atom is -0.490 e. The predicted octanol–water partition coefficient (Wildman–Crippen LogP) is 4.37. The van der Waals surface area contributed by atoms with E-state index in [2.05, 4.69) is 5.10 Å². The van der Waals surface area contributed by atoms with E-state index in [9.17, 15) is 12.8 Å². The van der Waals surface area contributed by atoms with Gasteiger partial charge in [0.1, 0.15) is 10.6 Å². The molecule has 0 unspecified atom stereocenters. The van der Waals surface area contributed by atoms with E-state index in [1.54, 1.807) is 23.1 Å². The van der Waals surface area contributed by atoms with Crippen molar-refractivity contribution in [2.75, 3.05) is 13.2 Å². The Bertz CT molecular complexity index is 1270. The van der Waals surface area contributed by atoms with Crippen LogP contribution in [-0.4, -0.2) is 37.5 Å². The van der Waals surface area contributed by atoms with Crippen LogP contribution in [0.25, 0.3) is 0 Å². The Morgan fingerprint density at radius 2 is 1.91 bits per heavy atom. The summed E-state index contributed by atoms with van der Waals surface area (Å²) >= 11 is 5.97. The molecule has 33 heavy (non-hydrogen) atoms. The molecule has 0 radical (unpaired) electrons. The lowest BCUT2D eigenvalue weighted by molar-refractivity contribution is -0.0776. The summed E-state index contributed by atoms with van der Waals surface area (Å²) in [5.41, 5.74) is -0.263. The summed E-state index contributed by atoms with van der Waals surface area (Å²) in [5, 5.41) is 4.55. The highest BCUT2D eigenvalue weighted by molar-refractivity contribution is 7.92. The summed E-state index contributed by atoms with van der Waals surface area (Å²) in [5.74, 6) is -2.72. The Balaban J connectivity index is 1.67. The maximum absolute atomic E-state index is 15.3. The van der Waals surface area contributed by atoms with Gasteiger partial charge >= 0.3 is 0 Å². The zero-order valence-electron chi connectivity index (χ0n) is 17.5. The van der Waals surface area contributed by atoms with Crippen LogP contribution in [0.5, 0.6) is 5.75 Å². The molecule has 2 aromatic carbocycles. The van der Waals surface area contributed by atoms with Crippen LogP contribution in [0, 0.1) is 17.6 Å². The first-order valence-corrected chi connectivity index (χ1v) is 12.4. The Morgan fingerprint density at radius 3 is 2.64 bits per heavy atom. The molecule has 0 bridgehead atoms. The predicted molar refractivity (Wildman–Crippen MR) is 117 cm³/mol. The highest BCUT2D eigenvalue weighted by Gasteiger charge is 2.61. The Morgan fingerprint density at radius 1 is 1.15 bits per heavy atom. The fraction of sp³-hybridized carbons (Fsp3) is 0.348. The summed E-state index contributed by atoms with van der Waals surface area (Å²) in [6, 6.07) is 9.41. The summed E-state index contributed by atoms with van der Waals surface area (Å²) in [6.45, 7) is 0.427. The second kappa shape index (κ2) is 8.38. The highest BCUT2D eigenvalue weighted by Crippen LogP contribution is 2.55. The normalized spacial score (nSPS) is 24.6. The molecule has 3 heterocycles. The average molecular weight is 495 g/mol. The molecule has 6 nitrogen and oxygen atoms in total. The molecule has 0 aliphatic carbocycles. The van der Waals surface area contributed by atoms with Crippen molar-refractivity contribution in [1.29, 1.82) is 0 Å². The standard InChI is InChI=1S/C23H21ClF2N2O4S/c24-15-2-4-16(5-3-15)33(29,30)23-9-13-31-20(8-12-28-11-1-10-27-28)17(23)14-32-22-19(26)7-6-18(25)21(22)23/h1-7,10-11,17,20H,8-9,12-14H2/t17-,20-,23-/m0/s1. The number of benzene rings is 2. The van der Waals surface area contributed by atoms with Crippen molar-refractivity contribution in [3.63, 3.8) is 0 Å². The van der Waals surface area contributed by atoms with Crippen LogP contribution in [0.3, 0.4) is 0 Å². The summed E-state index contributed by atoms with van der Waals surface area (Å²) < 4.78 is 70.0. The SMILES string of the molecule is O=S(=O)(c1ccc(Cl)cc1)[C@@]12CCO[C@@H](CCn3cccn3)[C@@H]1COc1c(F)ccc(F)c12. The molecule has 3 atom stereocenters. The van der Waals surface area contributed by atoms with Crippen molar-refractivity contribution in [3.8, 4) is 5.75 Å². The first-order valence-electron chi connectivity index (χ1n) is 10.5. The van der Waals surface area contributed by atoms with Crippen molar-refractivity contribution in [2.24, 2.45) is 5.92 Å². The number of hydrogen-bond acceptors (Lipinski definition) is 5. The Labute approximate surface area is 195 Å². The number of hydrogen-bond donors (Lipinski definition) is 0. The zero-order chi connectivity index (χ0) is 23.2. The van der Waals surface area contributed by atoms with Crippen LogP contribution in [-0.2, 0) is 25.9 Å². The number of rotatable bonds is 5. The smallest absolute Gasteiger partial charge is 0.189 e. The molecule has 1 saturated heterocycles. The van der Waals surface area contributed by atoms with Crippen molar-refractivity contribution >= 4 is 21.4 Å². The molecule has 174 valence electrons. The van der Waals surface area contributed by atoms with Gasteiger partial charge in [-0.05, 0) is 55.3 Å². The van der Waals surface area contributed by atoms with E-state index < -0.39 is 38.2 Å². The molecule has 0 amide bonds. The van der Waals surface area contributed by atoms with E-state index in [4.69, 9.17) is 21.1 Å². The van der Waals surface area contributed by atoms with Crippen LogP contribution in [0.2, 0.25) is 5.02 Å². The summed E-state index contributed by atoms with van der Waals surface area (Å²) in [6.07, 6.45) is 3.27. The van der Waals surface area contributed by atoms with Gasteiger partial charge in [0.2, 0.25) is 0 Å². The summed E-state index contributed by atoms with van der Waals surface area (Å²) in [7, 11) is -4.21. The van der Waals surface area contributed by atoms with Crippen molar-refractivity contribution in [2.45, 2.75) is 35.1 Å². The monoisotopic (exact) mass is 494 g/mol. The molecule has 3 aromatic rings. The van der Waals surface area contributed by atoms with Crippen molar-refractivity contribution in [3.05, 3.63) is 77.1 Å². The molecule has 2 aliphatic heterocycles. The largest absolute Gasteiger partial charge is 0.490 e. The highest BCUT2D eigenvalue weighted by atomic mass is 35.5. The van der Waals surface area contributed by atoms with Gasteiger partial charge in [-0.3, -0.25) is 4.68 Å². The molecule has 5 rings (SSSR count). The molecule has 0 N–H and O–H groups in total. The van der Waals surface area contributed by atoms with Crippen LogP contribution in [0.4, 0.5) is 8.78 Å². The van der Waals surface area contributed by atoms with Gasteiger partial charge < -0.3 is 9.47 Å². The topological polar surface area (TPSA) is 70.4 Å². The second-order valence-electron chi connectivity index (χ2n) is 8.21. The Hall–Kier alpha value is -2.49. The van der Waals surface area contributed by atoms with Crippen molar-refractivity contribution < 1.29 is 26.7 Å². The van der Waals surface area contributed by atoms with Gasteiger partial charge in [0.15, 0.2) is 21.4 Å². The molecular formula is C23H21ClF2N2O4S. The number of sulfone groups is 1. The van der Waals surface area contributed by atoms with E-state index in [0.29, 0.717) is 18.0 Å². The summed E-state index contributed by atoms with van der Waals surface area (Å²) in [4.78, 5) is -0.0128. The lowest BCUT2D eigenvalue weighted by atomic mass is 9.75. The third-order valence-electron chi connectivity index (χ3n) is 6.55. The number of ether oxygens (including phenoxy) is 2. The number of aryl methyl sites for hydroxylation is 1.